The van der Waals surface area contributed by atoms with Crippen LogP contribution in [0.15, 0.2) is 48.9 Å². The Morgan fingerprint density at radius 1 is 1.33 bits per heavy atom. The van der Waals surface area contributed by atoms with Crippen LogP contribution in [0.4, 0.5) is 0 Å². The largest absolute Gasteiger partial charge is 0.453 e. The van der Waals surface area contributed by atoms with Crippen molar-refractivity contribution in [3.63, 3.8) is 0 Å². The van der Waals surface area contributed by atoms with Gasteiger partial charge >= 0.3 is 0 Å². The van der Waals surface area contributed by atoms with Gasteiger partial charge in [-0.15, -0.1) is 0 Å². The minimum atomic E-state index is -0.112. The first-order valence-corrected chi connectivity index (χ1v) is 6.51. The first-order chi connectivity index (χ1) is 10.3. The molecule has 2 aromatic heterocycles. The van der Waals surface area contributed by atoms with Gasteiger partial charge in [-0.3, -0.25) is 14.5 Å². The Hall–Kier alpha value is -2.89. The number of aromatic nitrogens is 3. The second-order valence-corrected chi connectivity index (χ2v) is 4.48. The molecule has 3 rings (SSSR count). The predicted octanol–water partition coefficient (Wildman–Crippen LogP) is 1.97. The van der Waals surface area contributed by atoms with Crippen LogP contribution in [-0.2, 0) is 11.3 Å². The maximum Gasteiger partial charge on any atom is 0.241 e. The van der Waals surface area contributed by atoms with E-state index in [0.717, 1.165) is 10.9 Å². The molecule has 0 spiro atoms. The maximum absolute atomic E-state index is 11.3. The van der Waals surface area contributed by atoms with E-state index in [1.54, 1.807) is 31.7 Å². The van der Waals surface area contributed by atoms with Gasteiger partial charge < -0.3 is 10.1 Å². The van der Waals surface area contributed by atoms with E-state index in [1.807, 2.05) is 24.3 Å². The van der Waals surface area contributed by atoms with Gasteiger partial charge in [0.05, 0.1) is 17.9 Å². The van der Waals surface area contributed by atoms with Gasteiger partial charge in [-0.2, -0.15) is 5.10 Å². The summed E-state index contributed by atoms with van der Waals surface area (Å²) in [7, 11) is 1.59. The lowest BCUT2D eigenvalue weighted by atomic mass is 10.2. The van der Waals surface area contributed by atoms with Crippen molar-refractivity contribution in [1.82, 2.24) is 20.1 Å². The Balaban J connectivity index is 1.84. The monoisotopic (exact) mass is 282 g/mol. The van der Waals surface area contributed by atoms with E-state index in [9.17, 15) is 4.79 Å². The molecule has 21 heavy (non-hydrogen) atoms. The summed E-state index contributed by atoms with van der Waals surface area (Å²) in [4.78, 5) is 15.6. The van der Waals surface area contributed by atoms with E-state index in [1.165, 1.54) is 4.68 Å². The lowest BCUT2D eigenvalue weighted by molar-refractivity contribution is -0.121. The van der Waals surface area contributed by atoms with E-state index < -0.39 is 0 Å². The molecule has 0 bridgehead atoms. The lowest BCUT2D eigenvalue weighted by Crippen LogP contribution is -2.23. The Morgan fingerprint density at radius 3 is 3.05 bits per heavy atom. The summed E-state index contributed by atoms with van der Waals surface area (Å²) in [5.41, 5.74) is 0.868. The minimum Gasteiger partial charge on any atom is -0.453 e. The molecule has 2 heterocycles. The summed E-state index contributed by atoms with van der Waals surface area (Å²) in [5, 5.41) is 7.57. The number of para-hydroxylation sites is 1. The van der Waals surface area contributed by atoms with E-state index in [0.29, 0.717) is 11.5 Å². The van der Waals surface area contributed by atoms with Crippen LogP contribution in [0.3, 0.4) is 0 Å². The molecule has 0 aliphatic heterocycles. The van der Waals surface area contributed by atoms with Gasteiger partial charge in [-0.1, -0.05) is 12.1 Å². The summed E-state index contributed by atoms with van der Waals surface area (Å²) >= 11 is 0. The molecule has 0 aliphatic rings. The molecule has 0 unspecified atom stereocenters. The molecule has 106 valence electrons. The number of carbonyl (C=O) groups excluding carboxylic acids is 1. The van der Waals surface area contributed by atoms with Crippen LogP contribution >= 0.6 is 0 Å². The normalized spacial score (nSPS) is 10.5. The number of hydrogen-bond acceptors (Lipinski definition) is 4. The molecule has 0 saturated carbocycles. The first kappa shape index (κ1) is 13.1. The second-order valence-electron chi connectivity index (χ2n) is 4.48. The third kappa shape index (κ3) is 2.84. The van der Waals surface area contributed by atoms with Crippen molar-refractivity contribution < 1.29 is 9.53 Å². The highest BCUT2D eigenvalue weighted by molar-refractivity contribution is 5.84. The average molecular weight is 282 g/mol. The second kappa shape index (κ2) is 5.62. The molecular weight excluding hydrogens is 268 g/mol. The quantitative estimate of drug-likeness (QED) is 0.794. The Kier molecular flexibility index (Phi) is 3.51. The standard InChI is InChI=1S/C15H14N4O2/c1-16-15(20)10-19-9-11(8-18-19)21-14-6-7-17-13-5-3-2-4-12(13)14/h2-9H,10H2,1H3,(H,16,20). The highest BCUT2D eigenvalue weighted by atomic mass is 16.5. The van der Waals surface area contributed by atoms with E-state index >= 15 is 0 Å². The molecule has 6 heteroatoms. The van der Waals surface area contributed by atoms with Crippen LogP contribution in [0, 0.1) is 0 Å². The molecule has 0 fully saturated rings. The molecular formula is C15H14N4O2. The van der Waals surface area contributed by atoms with Gasteiger partial charge in [0.15, 0.2) is 5.75 Å². The number of likely N-dealkylation sites (N-methyl/N-ethyl adjacent to an activating group) is 1. The highest BCUT2D eigenvalue weighted by Crippen LogP contribution is 2.28. The third-order valence-corrected chi connectivity index (χ3v) is 3.03. The highest BCUT2D eigenvalue weighted by Gasteiger charge is 2.07. The fraction of sp³-hybridized carbons (Fsp3) is 0.133. The van der Waals surface area contributed by atoms with E-state index in [-0.39, 0.29) is 12.5 Å². The summed E-state index contributed by atoms with van der Waals surface area (Å²) in [6, 6.07) is 9.55. The van der Waals surface area contributed by atoms with Crippen molar-refractivity contribution in [2.24, 2.45) is 0 Å². The molecule has 0 aliphatic carbocycles. The number of ether oxygens (including phenoxy) is 1. The maximum atomic E-state index is 11.3. The number of nitrogens with zero attached hydrogens (tertiary/aromatic N) is 3. The zero-order chi connectivity index (χ0) is 14.7. The van der Waals surface area contributed by atoms with Gasteiger partial charge in [-0.25, -0.2) is 0 Å². The van der Waals surface area contributed by atoms with Crippen molar-refractivity contribution >= 4 is 16.8 Å². The number of nitrogens with one attached hydrogen (secondary N) is 1. The predicted molar refractivity (Wildman–Crippen MR) is 78.1 cm³/mol. The number of benzene rings is 1. The fourth-order valence-electron chi connectivity index (χ4n) is 2.00. The van der Waals surface area contributed by atoms with Crippen molar-refractivity contribution in [2.45, 2.75) is 6.54 Å². The number of pyridine rings is 1. The van der Waals surface area contributed by atoms with Crippen LogP contribution < -0.4 is 10.1 Å². The van der Waals surface area contributed by atoms with E-state index in [4.69, 9.17) is 4.74 Å². The minimum absolute atomic E-state index is 0.112. The summed E-state index contributed by atoms with van der Waals surface area (Å²) in [5.74, 6) is 1.18. The average Bonchev–Trinajstić information content (AvgIpc) is 2.94. The van der Waals surface area contributed by atoms with Gasteiger partial charge in [0.1, 0.15) is 12.3 Å². The van der Waals surface area contributed by atoms with Gasteiger partial charge in [0.2, 0.25) is 5.91 Å². The number of fused-ring (bicyclic) bond motifs is 1. The van der Waals surface area contributed by atoms with Crippen molar-refractivity contribution in [1.29, 1.82) is 0 Å². The summed E-state index contributed by atoms with van der Waals surface area (Å²) in [6.07, 6.45) is 4.97. The van der Waals surface area contributed by atoms with Crippen molar-refractivity contribution in [3.05, 3.63) is 48.9 Å². The van der Waals surface area contributed by atoms with Gasteiger partial charge in [-0.05, 0) is 18.2 Å². The van der Waals surface area contributed by atoms with Gasteiger partial charge in [0.25, 0.3) is 0 Å². The van der Waals surface area contributed by atoms with Crippen LogP contribution in [0.2, 0.25) is 0 Å². The lowest BCUT2D eigenvalue weighted by Gasteiger charge is -2.06. The fourth-order valence-corrected chi connectivity index (χ4v) is 2.00. The zero-order valence-electron chi connectivity index (χ0n) is 11.5. The molecule has 0 saturated heterocycles. The van der Waals surface area contributed by atoms with Crippen LogP contribution in [-0.4, -0.2) is 27.7 Å². The molecule has 1 N–H and O–H groups in total. The van der Waals surface area contributed by atoms with E-state index in [2.05, 4.69) is 15.4 Å². The number of carbonyl (C=O) groups is 1. The first-order valence-electron chi connectivity index (χ1n) is 6.51. The number of hydrogen-bond donors (Lipinski definition) is 1. The molecule has 0 radical (unpaired) electrons. The zero-order valence-corrected chi connectivity index (χ0v) is 11.5. The molecule has 1 aromatic carbocycles. The summed E-state index contributed by atoms with van der Waals surface area (Å²) < 4.78 is 7.36. The molecule has 6 nitrogen and oxygen atoms in total. The van der Waals surface area contributed by atoms with Crippen molar-refractivity contribution in [3.8, 4) is 11.5 Å². The van der Waals surface area contributed by atoms with Crippen LogP contribution in [0.5, 0.6) is 11.5 Å². The molecule has 3 aromatic rings. The van der Waals surface area contributed by atoms with Crippen LogP contribution in [0.1, 0.15) is 0 Å². The van der Waals surface area contributed by atoms with Crippen LogP contribution in [0.25, 0.3) is 10.9 Å². The molecule has 1 amide bonds. The Bertz CT molecular complexity index is 777. The number of amides is 1. The molecule has 0 atom stereocenters. The topological polar surface area (TPSA) is 69.0 Å². The Labute approximate surface area is 121 Å². The van der Waals surface area contributed by atoms with Gasteiger partial charge in [0, 0.05) is 18.6 Å². The SMILES string of the molecule is CNC(=O)Cn1cc(Oc2ccnc3ccccc23)cn1. The third-order valence-electron chi connectivity index (χ3n) is 3.03. The van der Waals surface area contributed by atoms with Crippen molar-refractivity contribution in [2.75, 3.05) is 7.05 Å². The smallest absolute Gasteiger partial charge is 0.241 e. The summed E-state index contributed by atoms with van der Waals surface area (Å²) in [6.45, 7) is 0.164. The number of rotatable bonds is 4. The Morgan fingerprint density at radius 2 is 2.19 bits per heavy atom.